The van der Waals surface area contributed by atoms with E-state index >= 15 is 0 Å². The largest absolute Gasteiger partial charge is 0.456 e. The highest BCUT2D eigenvalue weighted by atomic mass is 16.3. The SMILES string of the molecule is C1=CCCC(c2ccccc2N(c2ccc3oc4ccc5ccccc5c4c3c2)c2cccc3c4ccccc4n(-c4ccccc4)c23)=C1. The van der Waals surface area contributed by atoms with E-state index in [2.05, 4.69) is 179 Å². The molecule has 3 heteroatoms. The average Bonchev–Trinajstić information content (AvgIpc) is 3.72. The molecule has 0 unspecified atom stereocenters. The maximum absolute atomic E-state index is 6.47. The molecule has 0 saturated heterocycles. The Kier molecular flexibility index (Phi) is 6.31. The monoisotopic (exact) mass is 628 g/mol. The van der Waals surface area contributed by atoms with Crippen molar-refractivity contribution in [3.63, 3.8) is 0 Å². The molecule has 2 heterocycles. The molecule has 0 atom stereocenters. The van der Waals surface area contributed by atoms with Crippen LogP contribution in [0.4, 0.5) is 17.1 Å². The van der Waals surface area contributed by atoms with Crippen molar-refractivity contribution in [2.24, 2.45) is 0 Å². The lowest BCUT2D eigenvalue weighted by Gasteiger charge is -2.30. The lowest BCUT2D eigenvalue weighted by atomic mass is 9.95. The van der Waals surface area contributed by atoms with Gasteiger partial charge in [0.15, 0.2) is 0 Å². The lowest BCUT2D eigenvalue weighted by Crippen LogP contribution is -2.13. The van der Waals surface area contributed by atoms with Crippen LogP contribution in [0.2, 0.25) is 0 Å². The van der Waals surface area contributed by atoms with Crippen LogP contribution in [0.5, 0.6) is 0 Å². The molecular formula is C46H32N2O. The fourth-order valence-corrected chi connectivity index (χ4v) is 7.88. The summed E-state index contributed by atoms with van der Waals surface area (Å²) < 4.78 is 8.90. The fourth-order valence-electron chi connectivity index (χ4n) is 7.88. The van der Waals surface area contributed by atoms with Gasteiger partial charge in [0.25, 0.3) is 0 Å². The molecule has 2 aromatic heterocycles. The van der Waals surface area contributed by atoms with E-state index in [-0.39, 0.29) is 0 Å². The highest BCUT2D eigenvalue weighted by molar-refractivity contribution is 6.20. The number of hydrogen-bond acceptors (Lipinski definition) is 2. The first kappa shape index (κ1) is 27.8. The van der Waals surface area contributed by atoms with E-state index in [0.29, 0.717) is 0 Å². The molecule has 7 aromatic carbocycles. The van der Waals surface area contributed by atoms with Crippen LogP contribution in [-0.2, 0) is 0 Å². The van der Waals surface area contributed by atoms with Gasteiger partial charge in [0, 0.05) is 38.5 Å². The number of rotatable bonds is 5. The number of nitrogens with zero attached hydrogens (tertiary/aromatic N) is 2. The number of para-hydroxylation sites is 4. The van der Waals surface area contributed by atoms with Crippen LogP contribution in [-0.4, -0.2) is 4.57 Å². The van der Waals surface area contributed by atoms with Crippen molar-refractivity contribution >= 4 is 77.2 Å². The number of hydrogen-bond donors (Lipinski definition) is 0. The van der Waals surface area contributed by atoms with Gasteiger partial charge in [-0.15, -0.1) is 0 Å². The molecule has 49 heavy (non-hydrogen) atoms. The topological polar surface area (TPSA) is 21.3 Å². The highest BCUT2D eigenvalue weighted by Crippen LogP contribution is 2.47. The zero-order valence-corrected chi connectivity index (χ0v) is 26.9. The molecule has 0 aliphatic heterocycles. The number of anilines is 3. The average molecular weight is 629 g/mol. The molecule has 0 amide bonds. The van der Waals surface area contributed by atoms with Gasteiger partial charge in [-0.25, -0.2) is 0 Å². The lowest BCUT2D eigenvalue weighted by molar-refractivity contribution is 0.669. The molecule has 10 rings (SSSR count). The summed E-state index contributed by atoms with van der Waals surface area (Å²) in [6.07, 6.45) is 8.78. The van der Waals surface area contributed by atoms with E-state index in [1.165, 1.54) is 43.7 Å². The predicted octanol–water partition coefficient (Wildman–Crippen LogP) is 13.0. The van der Waals surface area contributed by atoms with Crippen LogP contribution in [0.3, 0.4) is 0 Å². The summed E-state index contributed by atoms with van der Waals surface area (Å²) in [5.74, 6) is 0. The molecule has 0 spiro atoms. The predicted molar refractivity (Wildman–Crippen MR) is 207 cm³/mol. The zero-order chi connectivity index (χ0) is 32.3. The van der Waals surface area contributed by atoms with Crippen molar-refractivity contribution in [2.75, 3.05) is 4.90 Å². The minimum absolute atomic E-state index is 0.889. The van der Waals surface area contributed by atoms with E-state index in [1.54, 1.807) is 0 Å². The summed E-state index contributed by atoms with van der Waals surface area (Å²) in [5, 5.41) is 7.13. The molecule has 0 fully saturated rings. The summed E-state index contributed by atoms with van der Waals surface area (Å²) in [4.78, 5) is 2.47. The normalized spacial score (nSPS) is 13.2. The van der Waals surface area contributed by atoms with E-state index in [9.17, 15) is 0 Å². The van der Waals surface area contributed by atoms with E-state index in [0.717, 1.165) is 57.5 Å². The van der Waals surface area contributed by atoms with Gasteiger partial charge >= 0.3 is 0 Å². The van der Waals surface area contributed by atoms with Crippen molar-refractivity contribution < 1.29 is 4.42 Å². The van der Waals surface area contributed by atoms with Crippen molar-refractivity contribution in [1.29, 1.82) is 0 Å². The van der Waals surface area contributed by atoms with Crippen LogP contribution in [0.1, 0.15) is 18.4 Å². The van der Waals surface area contributed by atoms with Gasteiger partial charge in [0.1, 0.15) is 11.2 Å². The standard InChI is InChI=1S/C46H32N2O/c1-3-14-31(15-4-1)35-19-9-11-23-40(35)47(34-27-29-43-39(30-34)45-36-20-8-7-16-32(36)26-28-44(45)49-43)42-25-13-22-38-37-21-10-12-24-41(37)48(46(38)42)33-17-5-2-6-18-33/h1-3,5-14,16-30H,4,15H2. The van der Waals surface area contributed by atoms with E-state index < -0.39 is 0 Å². The van der Waals surface area contributed by atoms with Crippen LogP contribution in [0, 0.1) is 0 Å². The number of furan rings is 1. The van der Waals surface area contributed by atoms with Crippen LogP contribution in [0.15, 0.2) is 174 Å². The van der Waals surface area contributed by atoms with Crippen LogP contribution in [0.25, 0.3) is 65.8 Å². The molecule has 0 bridgehead atoms. The first-order valence-electron chi connectivity index (χ1n) is 17.0. The second-order valence-electron chi connectivity index (χ2n) is 12.8. The van der Waals surface area contributed by atoms with E-state index in [1.807, 2.05) is 0 Å². The van der Waals surface area contributed by atoms with Gasteiger partial charge in [-0.05, 0) is 83.8 Å². The van der Waals surface area contributed by atoms with Gasteiger partial charge in [-0.1, -0.05) is 115 Å². The summed E-state index contributed by atoms with van der Waals surface area (Å²) in [6, 6.07) is 54.6. The second kappa shape index (κ2) is 11.1. The Morgan fingerprint density at radius 3 is 2.22 bits per heavy atom. The summed E-state index contributed by atoms with van der Waals surface area (Å²) in [5.41, 5.74) is 11.2. The van der Waals surface area contributed by atoms with Gasteiger partial charge in [0.2, 0.25) is 0 Å². The number of aromatic nitrogens is 1. The van der Waals surface area contributed by atoms with Crippen molar-refractivity contribution in [3.8, 4) is 5.69 Å². The molecule has 232 valence electrons. The molecule has 0 radical (unpaired) electrons. The van der Waals surface area contributed by atoms with Crippen LogP contribution >= 0.6 is 0 Å². The Labute approximate surface area is 284 Å². The van der Waals surface area contributed by atoms with Gasteiger partial charge in [-0.2, -0.15) is 0 Å². The number of allylic oxidation sites excluding steroid dienone is 4. The van der Waals surface area contributed by atoms with Crippen molar-refractivity contribution in [1.82, 2.24) is 4.57 Å². The van der Waals surface area contributed by atoms with Crippen molar-refractivity contribution in [2.45, 2.75) is 12.8 Å². The smallest absolute Gasteiger partial charge is 0.136 e. The molecular weight excluding hydrogens is 597 g/mol. The Balaban J connectivity index is 1.33. The quantitative estimate of drug-likeness (QED) is 0.189. The van der Waals surface area contributed by atoms with Gasteiger partial charge in [0.05, 0.1) is 22.4 Å². The first-order chi connectivity index (χ1) is 24.3. The minimum Gasteiger partial charge on any atom is -0.456 e. The summed E-state index contributed by atoms with van der Waals surface area (Å²) in [6.45, 7) is 0. The molecule has 0 saturated carbocycles. The number of benzene rings is 7. The molecule has 9 aromatic rings. The zero-order valence-electron chi connectivity index (χ0n) is 26.9. The third kappa shape index (κ3) is 4.36. The Bertz CT molecular complexity index is 2780. The Morgan fingerprint density at radius 1 is 0.571 bits per heavy atom. The van der Waals surface area contributed by atoms with Crippen LogP contribution < -0.4 is 4.90 Å². The van der Waals surface area contributed by atoms with Gasteiger partial charge in [-0.3, -0.25) is 0 Å². The fraction of sp³-hybridized carbons (Fsp3) is 0.0435. The Hall–Kier alpha value is -6.32. The summed E-state index contributed by atoms with van der Waals surface area (Å²) >= 11 is 0. The maximum Gasteiger partial charge on any atom is 0.136 e. The Morgan fingerprint density at radius 2 is 1.33 bits per heavy atom. The summed E-state index contributed by atoms with van der Waals surface area (Å²) in [7, 11) is 0. The minimum atomic E-state index is 0.889. The molecule has 1 aliphatic rings. The third-order valence-corrected chi connectivity index (χ3v) is 10.0. The third-order valence-electron chi connectivity index (χ3n) is 10.0. The maximum atomic E-state index is 6.47. The number of fused-ring (bicyclic) bond motifs is 8. The molecule has 0 N–H and O–H groups in total. The molecule has 1 aliphatic carbocycles. The van der Waals surface area contributed by atoms with Gasteiger partial charge < -0.3 is 13.9 Å². The van der Waals surface area contributed by atoms with Crippen molar-refractivity contribution in [3.05, 3.63) is 175 Å². The highest BCUT2D eigenvalue weighted by Gasteiger charge is 2.24. The molecule has 3 nitrogen and oxygen atoms in total. The second-order valence-corrected chi connectivity index (χ2v) is 12.8. The first-order valence-corrected chi connectivity index (χ1v) is 17.0. The van der Waals surface area contributed by atoms with E-state index in [4.69, 9.17) is 4.42 Å².